The Morgan fingerprint density at radius 3 is 2.31 bits per heavy atom. The van der Waals surface area contributed by atoms with E-state index >= 15 is 0 Å². The van der Waals surface area contributed by atoms with Crippen molar-refractivity contribution in [2.24, 2.45) is 0 Å². The van der Waals surface area contributed by atoms with E-state index in [1.165, 1.54) is 16.7 Å². The van der Waals surface area contributed by atoms with Gasteiger partial charge in [-0.2, -0.15) is 5.26 Å². The third-order valence-electron chi connectivity index (χ3n) is 5.06. The number of ether oxygens (including phenoxy) is 1. The molecule has 3 rings (SSSR count). The molecule has 0 unspecified atom stereocenters. The van der Waals surface area contributed by atoms with E-state index in [0.717, 1.165) is 16.7 Å². The van der Waals surface area contributed by atoms with Crippen molar-refractivity contribution >= 4 is 29.7 Å². The predicted molar refractivity (Wildman–Crippen MR) is 128 cm³/mol. The fourth-order valence-electron chi connectivity index (χ4n) is 3.37. The van der Waals surface area contributed by atoms with Crippen molar-refractivity contribution in [3.8, 4) is 11.8 Å². The van der Waals surface area contributed by atoms with Crippen LogP contribution in [0.2, 0.25) is 0 Å². The molecule has 0 saturated carbocycles. The molecule has 1 amide bonds. The summed E-state index contributed by atoms with van der Waals surface area (Å²) in [6.45, 7) is 8.21. The van der Waals surface area contributed by atoms with Gasteiger partial charge in [-0.05, 0) is 64.3 Å². The van der Waals surface area contributed by atoms with Crippen LogP contribution in [0.1, 0.15) is 66.6 Å². The van der Waals surface area contributed by atoms with Crippen molar-refractivity contribution in [3.05, 3.63) is 81.2 Å². The number of carbonyl (C=O) groups excluding carboxylic acids is 2. The van der Waals surface area contributed by atoms with E-state index in [-0.39, 0.29) is 24.3 Å². The van der Waals surface area contributed by atoms with Gasteiger partial charge in [0.15, 0.2) is 0 Å². The molecular weight excluding hydrogens is 420 g/mol. The predicted octanol–water partition coefficient (Wildman–Crippen LogP) is 6.06. The first-order chi connectivity index (χ1) is 15.3. The van der Waals surface area contributed by atoms with Crippen molar-refractivity contribution in [1.82, 2.24) is 4.90 Å². The van der Waals surface area contributed by atoms with Crippen molar-refractivity contribution in [3.63, 3.8) is 0 Å². The fraction of sp³-hybridized carbons (Fsp3) is 0.269. The quantitative estimate of drug-likeness (QED) is 0.233. The van der Waals surface area contributed by atoms with Crippen molar-refractivity contribution in [1.29, 1.82) is 5.26 Å². The van der Waals surface area contributed by atoms with Gasteiger partial charge in [0, 0.05) is 6.20 Å². The first kappa shape index (κ1) is 23.4. The molecule has 2 aromatic carbocycles. The summed E-state index contributed by atoms with van der Waals surface area (Å²) in [7, 11) is 0. The smallest absolute Gasteiger partial charge is 0.343 e. The Balaban J connectivity index is 2.04. The zero-order valence-electron chi connectivity index (χ0n) is 18.7. The zero-order valence-corrected chi connectivity index (χ0v) is 19.5. The van der Waals surface area contributed by atoms with Crippen LogP contribution in [0.5, 0.6) is 5.75 Å². The Hall–Kier alpha value is -3.30. The van der Waals surface area contributed by atoms with Gasteiger partial charge in [-0.1, -0.05) is 57.7 Å². The molecule has 0 saturated heterocycles. The summed E-state index contributed by atoms with van der Waals surface area (Å²) >= 11 is 1.33. The molecule has 6 heteroatoms. The minimum Gasteiger partial charge on any atom is -0.422 e. The number of rotatable bonds is 6. The van der Waals surface area contributed by atoms with Gasteiger partial charge >= 0.3 is 5.97 Å². The van der Waals surface area contributed by atoms with Crippen LogP contribution in [-0.4, -0.2) is 23.3 Å². The molecule has 1 aliphatic rings. The van der Waals surface area contributed by atoms with E-state index in [0.29, 0.717) is 16.2 Å². The summed E-state index contributed by atoms with van der Waals surface area (Å²) in [6, 6.07) is 14.9. The third kappa shape index (κ3) is 5.30. The Bertz CT molecular complexity index is 1080. The maximum atomic E-state index is 12.8. The molecule has 0 aromatic heterocycles. The number of carbonyl (C=O) groups is 2. The normalized spacial score (nSPS) is 14.8. The SMILES string of the molecule is CC(C)c1cc(/C=C2\SC=CN(CC#N)C2=O)cc(C(C)C)c1OC(=O)c1ccccc1. The topological polar surface area (TPSA) is 70.4 Å². The summed E-state index contributed by atoms with van der Waals surface area (Å²) in [6.07, 6.45) is 3.46. The number of amides is 1. The first-order valence-corrected chi connectivity index (χ1v) is 11.4. The lowest BCUT2D eigenvalue weighted by atomic mass is 9.91. The second-order valence-electron chi connectivity index (χ2n) is 8.10. The van der Waals surface area contributed by atoms with Gasteiger partial charge in [0.1, 0.15) is 12.3 Å². The summed E-state index contributed by atoms with van der Waals surface area (Å²) in [5.74, 6) is 0.203. The van der Waals surface area contributed by atoms with E-state index in [4.69, 9.17) is 10.00 Å². The van der Waals surface area contributed by atoms with Gasteiger partial charge < -0.3 is 9.64 Å². The molecular formula is C26H26N2O3S. The first-order valence-electron chi connectivity index (χ1n) is 10.5. The highest BCUT2D eigenvalue weighted by Gasteiger charge is 2.23. The van der Waals surface area contributed by atoms with Crippen LogP contribution in [-0.2, 0) is 4.79 Å². The molecule has 0 radical (unpaired) electrons. The highest BCUT2D eigenvalue weighted by molar-refractivity contribution is 8.06. The molecule has 0 spiro atoms. The van der Waals surface area contributed by atoms with E-state index in [1.807, 2.05) is 70.2 Å². The largest absolute Gasteiger partial charge is 0.422 e. The number of nitriles is 1. The standard InChI is InChI=1S/C26H26N2O3S/c1-17(2)21-14-19(16-23-25(29)28(11-10-27)12-13-32-23)15-22(18(3)4)24(21)31-26(30)20-8-6-5-7-9-20/h5-9,12-18H,11H2,1-4H3/b23-16-. The molecule has 2 aromatic rings. The van der Waals surface area contributed by atoms with E-state index in [9.17, 15) is 9.59 Å². The molecule has 0 atom stereocenters. The third-order valence-corrected chi connectivity index (χ3v) is 5.87. The summed E-state index contributed by atoms with van der Waals surface area (Å²) in [4.78, 5) is 27.4. The molecule has 0 fully saturated rings. The summed E-state index contributed by atoms with van der Waals surface area (Å²) in [5.41, 5.74) is 3.17. The lowest BCUT2D eigenvalue weighted by molar-refractivity contribution is -0.123. The monoisotopic (exact) mass is 446 g/mol. The fourth-order valence-corrected chi connectivity index (χ4v) is 4.14. The Morgan fingerprint density at radius 1 is 1.12 bits per heavy atom. The lowest BCUT2D eigenvalue weighted by Crippen LogP contribution is -2.28. The Labute approximate surface area is 193 Å². The average Bonchev–Trinajstić information content (AvgIpc) is 2.77. The van der Waals surface area contributed by atoms with Crippen LogP contribution in [0, 0.1) is 11.3 Å². The molecule has 0 bridgehead atoms. The lowest BCUT2D eigenvalue weighted by Gasteiger charge is -2.22. The molecule has 164 valence electrons. The van der Waals surface area contributed by atoms with Crippen LogP contribution < -0.4 is 4.74 Å². The van der Waals surface area contributed by atoms with Gasteiger partial charge in [0.25, 0.3) is 5.91 Å². The highest BCUT2D eigenvalue weighted by atomic mass is 32.2. The van der Waals surface area contributed by atoms with Crippen LogP contribution in [0.15, 0.2) is 59.0 Å². The minimum absolute atomic E-state index is 0.0100. The maximum absolute atomic E-state index is 12.8. The van der Waals surface area contributed by atoms with Gasteiger partial charge in [-0.25, -0.2) is 4.79 Å². The zero-order chi connectivity index (χ0) is 23.3. The summed E-state index contributed by atoms with van der Waals surface area (Å²) < 4.78 is 5.91. The van der Waals surface area contributed by atoms with E-state index in [2.05, 4.69) is 0 Å². The molecule has 5 nitrogen and oxygen atoms in total. The van der Waals surface area contributed by atoms with Gasteiger partial charge in [0.2, 0.25) is 0 Å². The molecule has 32 heavy (non-hydrogen) atoms. The van der Waals surface area contributed by atoms with E-state index in [1.54, 1.807) is 23.7 Å². The van der Waals surface area contributed by atoms with Gasteiger partial charge in [0.05, 0.1) is 16.5 Å². The number of nitrogens with zero attached hydrogens (tertiary/aromatic N) is 2. The van der Waals surface area contributed by atoms with E-state index < -0.39 is 5.97 Å². The van der Waals surface area contributed by atoms with Gasteiger partial charge in [-0.3, -0.25) is 4.79 Å². The van der Waals surface area contributed by atoms with Crippen molar-refractivity contribution < 1.29 is 14.3 Å². The number of esters is 1. The molecule has 1 heterocycles. The Morgan fingerprint density at radius 2 is 1.75 bits per heavy atom. The van der Waals surface area contributed by atoms with Crippen molar-refractivity contribution in [2.75, 3.05) is 6.54 Å². The van der Waals surface area contributed by atoms with Gasteiger partial charge in [-0.15, -0.1) is 0 Å². The average molecular weight is 447 g/mol. The second kappa shape index (κ2) is 10.3. The maximum Gasteiger partial charge on any atom is 0.343 e. The number of thioether (sulfide) groups is 1. The molecule has 1 aliphatic heterocycles. The van der Waals surface area contributed by atoms with Crippen LogP contribution >= 0.6 is 11.8 Å². The number of hydrogen-bond acceptors (Lipinski definition) is 5. The Kier molecular flexibility index (Phi) is 7.55. The number of hydrogen-bond donors (Lipinski definition) is 0. The van der Waals surface area contributed by atoms with Crippen LogP contribution in [0.25, 0.3) is 6.08 Å². The molecule has 0 N–H and O–H groups in total. The van der Waals surface area contributed by atoms with Crippen LogP contribution in [0.4, 0.5) is 0 Å². The second-order valence-corrected chi connectivity index (χ2v) is 9.04. The molecule has 0 aliphatic carbocycles. The van der Waals surface area contributed by atoms with Crippen molar-refractivity contribution in [2.45, 2.75) is 39.5 Å². The van der Waals surface area contributed by atoms with Crippen LogP contribution in [0.3, 0.4) is 0 Å². The minimum atomic E-state index is -0.393. The number of benzene rings is 2. The highest BCUT2D eigenvalue weighted by Crippen LogP contribution is 2.38. The summed E-state index contributed by atoms with van der Waals surface area (Å²) in [5, 5.41) is 10.7.